The summed E-state index contributed by atoms with van der Waals surface area (Å²) in [6.45, 7) is 2.29. The van der Waals surface area contributed by atoms with Gasteiger partial charge >= 0.3 is 0 Å². The third kappa shape index (κ3) is 5.04. The van der Waals surface area contributed by atoms with Crippen molar-refractivity contribution in [2.24, 2.45) is 0 Å². The molecule has 1 aliphatic rings. The zero-order valence-corrected chi connectivity index (χ0v) is 29.2. The zero-order valence-electron chi connectivity index (χ0n) is 28.4. The van der Waals surface area contributed by atoms with Gasteiger partial charge in [-0.3, -0.25) is 0 Å². The standard InChI is InChI=1S/C50H34S/c1-32-27-37(33-13-4-2-5-14-33)28-38(31-45(32)34-15-6-3-7-16-34)39-20-12-21-43-40-17-8-9-18-41(40)46-29-35(23-25-44(46)50(39)43)36-24-26-49-47(30-36)42-19-10-11-22-48(42)51-49/h2-26,28-31H,27H2,1H3. The van der Waals surface area contributed by atoms with E-state index in [0.717, 1.165) is 6.42 Å². The predicted octanol–water partition coefficient (Wildman–Crippen LogP) is 14.5. The molecule has 240 valence electrons. The summed E-state index contributed by atoms with van der Waals surface area (Å²) in [5.41, 5.74) is 11.5. The summed E-state index contributed by atoms with van der Waals surface area (Å²) in [5, 5.41) is 10.4. The van der Waals surface area contributed by atoms with Crippen LogP contribution in [0.1, 0.15) is 30.0 Å². The molecule has 0 atom stereocenters. The number of hydrogen-bond acceptors (Lipinski definition) is 1. The molecule has 51 heavy (non-hydrogen) atoms. The molecule has 9 aromatic rings. The lowest BCUT2D eigenvalue weighted by molar-refractivity contribution is 1.23. The number of allylic oxidation sites excluding steroid dienone is 6. The molecule has 0 unspecified atom stereocenters. The Kier molecular flexibility index (Phi) is 7.08. The minimum absolute atomic E-state index is 0.899. The number of fused-ring (bicyclic) bond motifs is 9. The molecular weight excluding hydrogens is 633 g/mol. The lowest BCUT2D eigenvalue weighted by Crippen LogP contribution is -1.91. The smallest absolute Gasteiger partial charge is 0.0355 e. The highest BCUT2D eigenvalue weighted by molar-refractivity contribution is 7.25. The number of hydrogen-bond donors (Lipinski definition) is 0. The fourth-order valence-corrected chi connectivity index (χ4v) is 9.30. The first-order valence-corrected chi connectivity index (χ1v) is 18.5. The van der Waals surface area contributed by atoms with E-state index in [1.807, 2.05) is 11.3 Å². The minimum Gasteiger partial charge on any atom is -0.135 e. The van der Waals surface area contributed by atoms with Gasteiger partial charge in [0.1, 0.15) is 0 Å². The minimum atomic E-state index is 0.899. The van der Waals surface area contributed by atoms with Crippen molar-refractivity contribution in [2.45, 2.75) is 13.3 Å². The van der Waals surface area contributed by atoms with E-state index in [4.69, 9.17) is 0 Å². The van der Waals surface area contributed by atoms with Crippen molar-refractivity contribution in [3.63, 3.8) is 0 Å². The second-order valence-corrected chi connectivity index (χ2v) is 14.8. The van der Waals surface area contributed by atoms with Gasteiger partial charge in [-0.15, -0.1) is 11.3 Å². The second-order valence-electron chi connectivity index (χ2n) is 13.7. The molecule has 0 N–H and O–H groups in total. The van der Waals surface area contributed by atoms with E-state index in [2.05, 4.69) is 183 Å². The largest absolute Gasteiger partial charge is 0.135 e. The van der Waals surface area contributed by atoms with Crippen molar-refractivity contribution in [1.82, 2.24) is 0 Å². The van der Waals surface area contributed by atoms with Crippen LogP contribution in [0.4, 0.5) is 0 Å². The van der Waals surface area contributed by atoms with E-state index in [9.17, 15) is 0 Å². The maximum atomic E-state index is 2.44. The highest BCUT2D eigenvalue weighted by atomic mass is 32.1. The Hall–Kier alpha value is -6.02. The molecule has 0 amide bonds. The normalized spacial score (nSPS) is 13.7. The monoisotopic (exact) mass is 666 g/mol. The van der Waals surface area contributed by atoms with E-state index in [1.165, 1.54) is 103 Å². The number of benzene rings is 8. The van der Waals surface area contributed by atoms with Crippen molar-refractivity contribution >= 4 is 80.5 Å². The van der Waals surface area contributed by atoms with Gasteiger partial charge in [-0.05, 0) is 121 Å². The molecular formula is C50H34S. The second kappa shape index (κ2) is 12.1. The Morgan fingerprint density at radius 3 is 1.78 bits per heavy atom. The Balaban J connectivity index is 1.24. The summed E-state index contributed by atoms with van der Waals surface area (Å²) < 4.78 is 2.67. The van der Waals surface area contributed by atoms with Gasteiger partial charge in [0.05, 0.1) is 0 Å². The quantitative estimate of drug-likeness (QED) is 0.164. The Morgan fingerprint density at radius 1 is 0.412 bits per heavy atom. The van der Waals surface area contributed by atoms with Crippen molar-refractivity contribution < 1.29 is 0 Å². The average Bonchev–Trinajstić information content (AvgIpc) is 3.47. The van der Waals surface area contributed by atoms with Gasteiger partial charge < -0.3 is 0 Å². The molecule has 0 radical (unpaired) electrons. The molecule has 0 aliphatic heterocycles. The van der Waals surface area contributed by atoms with E-state index in [-0.39, 0.29) is 0 Å². The van der Waals surface area contributed by atoms with Crippen molar-refractivity contribution in [2.75, 3.05) is 0 Å². The first-order chi connectivity index (χ1) is 25.2. The SMILES string of the molecule is CC1=C(c2ccccc2)C=C(c2cccc3c4ccccc4c4cc(-c5ccc6sc7ccccc7c6c5)ccc4c23)C=C(c2ccccc2)C1. The van der Waals surface area contributed by atoms with Crippen molar-refractivity contribution in [1.29, 1.82) is 0 Å². The van der Waals surface area contributed by atoms with Crippen LogP contribution in [-0.2, 0) is 0 Å². The summed E-state index contributed by atoms with van der Waals surface area (Å²) >= 11 is 1.87. The highest BCUT2D eigenvalue weighted by Crippen LogP contribution is 2.44. The van der Waals surface area contributed by atoms with Gasteiger partial charge in [0, 0.05) is 20.2 Å². The fourth-order valence-electron chi connectivity index (χ4n) is 8.21. The molecule has 0 saturated heterocycles. The van der Waals surface area contributed by atoms with E-state index in [0.29, 0.717) is 0 Å². The van der Waals surface area contributed by atoms with Crippen LogP contribution in [-0.4, -0.2) is 0 Å². The van der Waals surface area contributed by atoms with Gasteiger partial charge in [-0.2, -0.15) is 0 Å². The highest BCUT2D eigenvalue weighted by Gasteiger charge is 2.19. The van der Waals surface area contributed by atoms with Gasteiger partial charge in [0.2, 0.25) is 0 Å². The maximum absolute atomic E-state index is 2.44. The van der Waals surface area contributed by atoms with Crippen LogP contribution in [0.15, 0.2) is 182 Å². The molecule has 1 heterocycles. The van der Waals surface area contributed by atoms with Gasteiger partial charge in [0.25, 0.3) is 0 Å². The lowest BCUT2D eigenvalue weighted by Gasteiger charge is -2.16. The Morgan fingerprint density at radius 2 is 1.00 bits per heavy atom. The topological polar surface area (TPSA) is 0 Å². The van der Waals surface area contributed by atoms with Crippen LogP contribution in [0.5, 0.6) is 0 Å². The van der Waals surface area contributed by atoms with Crippen LogP contribution in [0.25, 0.3) is 80.3 Å². The van der Waals surface area contributed by atoms with Crippen molar-refractivity contribution in [3.8, 4) is 11.1 Å². The van der Waals surface area contributed by atoms with Gasteiger partial charge in [-0.25, -0.2) is 0 Å². The first kappa shape index (κ1) is 29.9. The summed E-state index contributed by atoms with van der Waals surface area (Å²) in [5.74, 6) is 0. The molecule has 10 rings (SSSR count). The Labute approximate surface area is 301 Å². The van der Waals surface area contributed by atoms with Crippen LogP contribution in [0.3, 0.4) is 0 Å². The predicted molar refractivity (Wildman–Crippen MR) is 223 cm³/mol. The average molecular weight is 667 g/mol. The molecule has 0 spiro atoms. The summed E-state index contributed by atoms with van der Waals surface area (Å²) in [4.78, 5) is 0. The van der Waals surface area contributed by atoms with Crippen LogP contribution in [0, 0.1) is 0 Å². The zero-order chi connectivity index (χ0) is 33.9. The van der Waals surface area contributed by atoms with Crippen LogP contribution < -0.4 is 0 Å². The summed E-state index contributed by atoms with van der Waals surface area (Å²) in [7, 11) is 0. The first-order valence-electron chi connectivity index (χ1n) is 17.7. The third-order valence-electron chi connectivity index (χ3n) is 10.7. The van der Waals surface area contributed by atoms with Crippen molar-refractivity contribution in [3.05, 3.63) is 198 Å². The summed E-state index contributed by atoms with van der Waals surface area (Å²) in [6.07, 6.45) is 5.78. The molecule has 0 bridgehead atoms. The molecule has 0 saturated carbocycles. The lowest BCUT2D eigenvalue weighted by atomic mass is 9.87. The Bertz CT molecular complexity index is 2920. The molecule has 8 aromatic carbocycles. The molecule has 1 heteroatoms. The number of rotatable bonds is 4. The fraction of sp³-hybridized carbons (Fsp3) is 0.0400. The third-order valence-corrected chi connectivity index (χ3v) is 11.8. The molecule has 0 nitrogen and oxygen atoms in total. The van der Waals surface area contributed by atoms with E-state index < -0.39 is 0 Å². The van der Waals surface area contributed by atoms with Crippen LogP contribution in [0.2, 0.25) is 0 Å². The number of thiophene rings is 1. The molecule has 1 aliphatic carbocycles. The molecule has 1 aromatic heterocycles. The van der Waals surface area contributed by atoms with E-state index in [1.54, 1.807) is 0 Å². The molecule has 0 fully saturated rings. The van der Waals surface area contributed by atoms with Gasteiger partial charge in [0.15, 0.2) is 0 Å². The van der Waals surface area contributed by atoms with Gasteiger partial charge in [-0.1, -0.05) is 151 Å². The van der Waals surface area contributed by atoms with Crippen LogP contribution >= 0.6 is 11.3 Å². The summed E-state index contributed by atoms with van der Waals surface area (Å²) in [6, 6.07) is 60.4. The maximum Gasteiger partial charge on any atom is 0.0355 e. The van der Waals surface area contributed by atoms with E-state index >= 15 is 0 Å².